The van der Waals surface area contributed by atoms with Crippen molar-refractivity contribution in [1.29, 1.82) is 0 Å². The molecule has 1 aromatic carbocycles. The van der Waals surface area contributed by atoms with Crippen molar-refractivity contribution in [2.24, 2.45) is 0 Å². The Labute approximate surface area is 168 Å². The molecule has 150 valence electrons. The highest BCUT2D eigenvalue weighted by molar-refractivity contribution is 6.39. The van der Waals surface area contributed by atoms with Gasteiger partial charge in [0.25, 0.3) is 0 Å². The van der Waals surface area contributed by atoms with Crippen LogP contribution in [-0.4, -0.2) is 28.6 Å². The Bertz CT molecular complexity index is 927. The summed E-state index contributed by atoms with van der Waals surface area (Å²) in [5.41, 5.74) is 1.28. The van der Waals surface area contributed by atoms with Crippen molar-refractivity contribution < 1.29 is 19.2 Å². The molecule has 0 unspecified atom stereocenters. The van der Waals surface area contributed by atoms with E-state index in [-0.39, 0.29) is 24.8 Å². The predicted octanol–water partition coefficient (Wildman–Crippen LogP) is 1.42. The first-order chi connectivity index (χ1) is 13.9. The van der Waals surface area contributed by atoms with Crippen molar-refractivity contribution in [2.45, 2.75) is 38.1 Å². The highest BCUT2D eigenvalue weighted by Crippen LogP contribution is 2.36. The van der Waals surface area contributed by atoms with Crippen LogP contribution >= 0.6 is 0 Å². The molecule has 2 heterocycles. The topological polar surface area (TPSA) is 117 Å². The van der Waals surface area contributed by atoms with Crippen LogP contribution in [0.4, 0.5) is 5.69 Å². The Morgan fingerprint density at radius 3 is 2.38 bits per heavy atom. The SMILES string of the molecule is CC[C@@]1(c2ccc(NC(=O)C(=O)NCc3ccncc3)cc2)CCC(=O)NC1=O. The van der Waals surface area contributed by atoms with Gasteiger partial charge in [-0.25, -0.2) is 0 Å². The van der Waals surface area contributed by atoms with Crippen LogP contribution in [0.2, 0.25) is 0 Å². The number of pyridine rings is 1. The lowest BCUT2D eigenvalue weighted by molar-refractivity contribution is -0.138. The predicted molar refractivity (Wildman–Crippen MR) is 106 cm³/mol. The Morgan fingerprint density at radius 1 is 1.07 bits per heavy atom. The average molecular weight is 394 g/mol. The standard InChI is InChI=1S/C21H22N4O4/c1-2-21(10-7-17(26)25-20(21)29)15-3-5-16(6-4-15)24-19(28)18(27)23-13-14-8-11-22-12-9-14/h3-6,8-9,11-12H,2,7,10,13H2,1H3,(H,23,27)(H,24,28)(H,25,26,29)/t21-/m0/s1. The van der Waals surface area contributed by atoms with Crippen LogP contribution < -0.4 is 16.0 Å². The molecule has 8 heteroatoms. The molecule has 0 aliphatic carbocycles. The first-order valence-corrected chi connectivity index (χ1v) is 9.37. The minimum absolute atomic E-state index is 0.223. The third-order valence-electron chi connectivity index (χ3n) is 5.17. The van der Waals surface area contributed by atoms with E-state index in [0.29, 0.717) is 18.5 Å². The average Bonchev–Trinajstić information content (AvgIpc) is 2.74. The number of hydrogen-bond acceptors (Lipinski definition) is 5. The van der Waals surface area contributed by atoms with Crippen LogP contribution in [0.25, 0.3) is 0 Å². The molecule has 1 fully saturated rings. The Morgan fingerprint density at radius 2 is 1.76 bits per heavy atom. The molecule has 1 aromatic heterocycles. The van der Waals surface area contributed by atoms with Gasteiger partial charge < -0.3 is 10.6 Å². The van der Waals surface area contributed by atoms with Gasteiger partial charge in [-0.15, -0.1) is 0 Å². The summed E-state index contributed by atoms with van der Waals surface area (Å²) in [5.74, 6) is -2.09. The van der Waals surface area contributed by atoms with Gasteiger partial charge in [0.2, 0.25) is 11.8 Å². The van der Waals surface area contributed by atoms with Crippen molar-refractivity contribution >= 4 is 29.3 Å². The number of nitrogens with one attached hydrogen (secondary N) is 3. The normalized spacial score (nSPS) is 18.7. The van der Waals surface area contributed by atoms with Gasteiger partial charge in [0.05, 0.1) is 5.41 Å². The molecule has 2 aromatic rings. The first-order valence-electron chi connectivity index (χ1n) is 9.37. The molecule has 8 nitrogen and oxygen atoms in total. The van der Waals surface area contributed by atoms with Gasteiger partial charge in [-0.3, -0.25) is 29.5 Å². The highest BCUT2D eigenvalue weighted by atomic mass is 16.2. The fraction of sp³-hybridized carbons (Fsp3) is 0.286. The number of carbonyl (C=O) groups excluding carboxylic acids is 4. The van der Waals surface area contributed by atoms with E-state index in [4.69, 9.17) is 0 Å². The molecular weight excluding hydrogens is 372 g/mol. The molecule has 1 aliphatic heterocycles. The molecule has 1 saturated heterocycles. The summed E-state index contributed by atoms with van der Waals surface area (Å²) in [7, 11) is 0. The number of amides is 4. The van der Waals surface area contributed by atoms with Gasteiger partial charge in [0.1, 0.15) is 0 Å². The lowest BCUT2D eigenvalue weighted by Gasteiger charge is -2.35. The summed E-state index contributed by atoms with van der Waals surface area (Å²) in [5, 5.41) is 7.49. The number of imide groups is 1. The summed E-state index contributed by atoms with van der Waals surface area (Å²) in [6, 6.07) is 10.3. The molecular formula is C21H22N4O4. The second-order valence-corrected chi connectivity index (χ2v) is 6.88. The fourth-order valence-corrected chi connectivity index (χ4v) is 3.39. The molecule has 1 aliphatic rings. The van der Waals surface area contributed by atoms with Crippen LogP contribution in [0, 0.1) is 0 Å². The van der Waals surface area contributed by atoms with E-state index in [1.54, 1.807) is 48.8 Å². The Hall–Kier alpha value is -3.55. The number of rotatable bonds is 5. The van der Waals surface area contributed by atoms with Gasteiger partial charge in [0, 0.05) is 31.0 Å². The van der Waals surface area contributed by atoms with Crippen LogP contribution in [0.5, 0.6) is 0 Å². The number of piperidine rings is 1. The number of hydrogen-bond donors (Lipinski definition) is 3. The molecule has 3 rings (SSSR count). The van der Waals surface area contributed by atoms with E-state index in [9.17, 15) is 19.2 Å². The Kier molecular flexibility index (Phi) is 6.01. The number of nitrogens with zero attached hydrogens (tertiary/aromatic N) is 1. The molecule has 0 spiro atoms. The van der Waals surface area contributed by atoms with Gasteiger partial charge in [0.15, 0.2) is 0 Å². The van der Waals surface area contributed by atoms with E-state index in [1.807, 2.05) is 6.92 Å². The van der Waals surface area contributed by atoms with Gasteiger partial charge >= 0.3 is 11.8 Å². The van der Waals surface area contributed by atoms with Crippen molar-refractivity contribution in [1.82, 2.24) is 15.6 Å². The quantitative estimate of drug-likeness (QED) is 0.524. The summed E-state index contributed by atoms with van der Waals surface area (Å²) in [6.45, 7) is 2.12. The summed E-state index contributed by atoms with van der Waals surface area (Å²) in [4.78, 5) is 51.9. The molecule has 29 heavy (non-hydrogen) atoms. The van der Waals surface area contributed by atoms with E-state index in [0.717, 1.165) is 11.1 Å². The zero-order valence-electron chi connectivity index (χ0n) is 16.0. The summed E-state index contributed by atoms with van der Waals surface area (Å²) >= 11 is 0. The largest absolute Gasteiger partial charge is 0.344 e. The molecule has 1 atom stereocenters. The highest BCUT2D eigenvalue weighted by Gasteiger charge is 2.42. The van der Waals surface area contributed by atoms with Crippen LogP contribution in [0.15, 0.2) is 48.8 Å². The van der Waals surface area contributed by atoms with E-state index < -0.39 is 17.2 Å². The lowest BCUT2D eigenvalue weighted by Crippen LogP contribution is -2.51. The number of benzene rings is 1. The fourth-order valence-electron chi connectivity index (χ4n) is 3.39. The minimum Gasteiger partial charge on any atom is -0.344 e. The van der Waals surface area contributed by atoms with Crippen molar-refractivity contribution in [3.8, 4) is 0 Å². The van der Waals surface area contributed by atoms with E-state index in [1.165, 1.54) is 0 Å². The maximum atomic E-state index is 12.4. The first kappa shape index (κ1) is 20.2. The van der Waals surface area contributed by atoms with Crippen LogP contribution in [0.3, 0.4) is 0 Å². The van der Waals surface area contributed by atoms with E-state index in [2.05, 4.69) is 20.9 Å². The molecule has 3 N–H and O–H groups in total. The maximum Gasteiger partial charge on any atom is 0.313 e. The zero-order chi connectivity index (χ0) is 20.9. The van der Waals surface area contributed by atoms with Gasteiger partial charge in [-0.05, 0) is 48.2 Å². The van der Waals surface area contributed by atoms with Crippen molar-refractivity contribution in [2.75, 3.05) is 5.32 Å². The number of carbonyl (C=O) groups is 4. The van der Waals surface area contributed by atoms with Crippen molar-refractivity contribution in [3.63, 3.8) is 0 Å². The lowest BCUT2D eigenvalue weighted by atomic mass is 9.72. The molecule has 0 radical (unpaired) electrons. The minimum atomic E-state index is -0.780. The van der Waals surface area contributed by atoms with Crippen molar-refractivity contribution in [3.05, 3.63) is 59.9 Å². The number of anilines is 1. The monoisotopic (exact) mass is 394 g/mol. The maximum absolute atomic E-state index is 12.4. The third kappa shape index (κ3) is 4.48. The number of aromatic nitrogens is 1. The van der Waals surface area contributed by atoms with Gasteiger partial charge in [-0.1, -0.05) is 19.1 Å². The van der Waals surface area contributed by atoms with Gasteiger partial charge in [-0.2, -0.15) is 0 Å². The summed E-state index contributed by atoms with van der Waals surface area (Å²) < 4.78 is 0. The third-order valence-corrected chi connectivity index (χ3v) is 5.17. The second-order valence-electron chi connectivity index (χ2n) is 6.88. The molecule has 4 amide bonds. The second kappa shape index (κ2) is 8.64. The summed E-state index contributed by atoms with van der Waals surface area (Å²) in [6.07, 6.45) is 4.49. The molecule has 0 bridgehead atoms. The smallest absolute Gasteiger partial charge is 0.313 e. The molecule has 0 saturated carbocycles. The zero-order valence-corrected chi connectivity index (χ0v) is 16.0. The van der Waals surface area contributed by atoms with E-state index >= 15 is 0 Å². The van der Waals surface area contributed by atoms with Crippen LogP contribution in [-0.2, 0) is 31.1 Å². The Balaban J connectivity index is 1.62. The van der Waals surface area contributed by atoms with Crippen LogP contribution in [0.1, 0.15) is 37.3 Å².